The molecule has 3 atom stereocenters. The Morgan fingerprint density at radius 3 is 2.76 bits per heavy atom. The molecule has 1 aliphatic rings. The van der Waals surface area contributed by atoms with Crippen LogP contribution in [0.4, 0.5) is 0 Å². The van der Waals surface area contributed by atoms with Crippen molar-refractivity contribution in [3.05, 3.63) is 35.4 Å². The van der Waals surface area contributed by atoms with Crippen LogP contribution in [0.1, 0.15) is 37.4 Å². The van der Waals surface area contributed by atoms with Crippen LogP contribution in [0.5, 0.6) is 0 Å². The van der Waals surface area contributed by atoms with Gasteiger partial charge in [0.25, 0.3) is 0 Å². The summed E-state index contributed by atoms with van der Waals surface area (Å²) in [7, 11) is 0. The Hall–Kier alpha value is -1.83. The molecular formula is C17H21NO3. The van der Waals surface area contributed by atoms with Crippen molar-refractivity contribution >= 4 is 5.91 Å². The molecule has 21 heavy (non-hydrogen) atoms. The number of hydrogen-bond donors (Lipinski definition) is 2. The van der Waals surface area contributed by atoms with Crippen LogP contribution in [0, 0.1) is 17.8 Å². The number of carbonyl (C=O) groups excluding carboxylic acids is 1. The van der Waals surface area contributed by atoms with Gasteiger partial charge in [0, 0.05) is 12.2 Å². The highest BCUT2D eigenvalue weighted by Crippen LogP contribution is 2.22. The first-order valence-corrected chi connectivity index (χ1v) is 7.23. The van der Waals surface area contributed by atoms with Gasteiger partial charge in [-0.15, -0.1) is 0 Å². The van der Waals surface area contributed by atoms with Crippen molar-refractivity contribution in [2.45, 2.75) is 32.4 Å². The summed E-state index contributed by atoms with van der Waals surface area (Å²) in [5.41, 5.74) is 1.88. The lowest BCUT2D eigenvalue weighted by Crippen LogP contribution is -2.35. The third kappa shape index (κ3) is 4.07. The number of benzene rings is 1. The van der Waals surface area contributed by atoms with E-state index in [1.165, 1.54) is 0 Å². The number of aliphatic hydroxyl groups excluding tert-OH is 1. The fourth-order valence-corrected chi connectivity index (χ4v) is 2.48. The zero-order valence-corrected chi connectivity index (χ0v) is 12.4. The van der Waals surface area contributed by atoms with Crippen LogP contribution in [0.25, 0.3) is 0 Å². The van der Waals surface area contributed by atoms with Crippen LogP contribution in [-0.2, 0) is 9.53 Å². The second kappa shape index (κ2) is 7.26. The lowest BCUT2D eigenvalue weighted by atomic mass is 10.00. The molecule has 0 saturated carbocycles. The highest BCUT2D eigenvalue weighted by atomic mass is 16.5. The highest BCUT2D eigenvalue weighted by Gasteiger charge is 2.31. The normalized spacial score (nSPS) is 22.2. The average Bonchev–Trinajstić information content (AvgIpc) is 2.91. The van der Waals surface area contributed by atoms with E-state index in [0.29, 0.717) is 6.61 Å². The molecule has 0 bridgehead atoms. The van der Waals surface area contributed by atoms with Gasteiger partial charge in [-0.1, -0.05) is 24.0 Å². The second-order valence-electron chi connectivity index (χ2n) is 5.28. The molecule has 1 amide bonds. The van der Waals surface area contributed by atoms with E-state index in [1.54, 1.807) is 0 Å². The molecule has 1 heterocycles. The first-order valence-electron chi connectivity index (χ1n) is 7.23. The van der Waals surface area contributed by atoms with Crippen molar-refractivity contribution < 1.29 is 14.6 Å². The Bertz CT molecular complexity index is 541. The van der Waals surface area contributed by atoms with Crippen molar-refractivity contribution in [3.63, 3.8) is 0 Å². The maximum Gasteiger partial charge on any atom is 0.226 e. The lowest BCUT2D eigenvalue weighted by Gasteiger charge is -2.19. The summed E-state index contributed by atoms with van der Waals surface area (Å²) in [6, 6.07) is 7.62. The van der Waals surface area contributed by atoms with Crippen LogP contribution >= 0.6 is 0 Å². The molecular weight excluding hydrogens is 266 g/mol. The minimum Gasteiger partial charge on any atom is -0.384 e. The van der Waals surface area contributed by atoms with E-state index in [4.69, 9.17) is 9.84 Å². The van der Waals surface area contributed by atoms with E-state index in [9.17, 15) is 4.79 Å². The summed E-state index contributed by atoms with van der Waals surface area (Å²) in [6.07, 6.45) is 0.781. The van der Waals surface area contributed by atoms with Crippen LogP contribution in [-0.4, -0.2) is 30.3 Å². The minimum absolute atomic E-state index is 0.00617. The van der Waals surface area contributed by atoms with E-state index < -0.39 is 0 Å². The monoisotopic (exact) mass is 287 g/mol. The first-order chi connectivity index (χ1) is 10.1. The minimum atomic E-state index is -0.143. The van der Waals surface area contributed by atoms with E-state index in [0.717, 1.165) is 17.5 Å². The van der Waals surface area contributed by atoms with Gasteiger partial charge < -0.3 is 15.2 Å². The topological polar surface area (TPSA) is 58.6 Å². The van der Waals surface area contributed by atoms with E-state index in [-0.39, 0.29) is 30.6 Å². The molecule has 3 unspecified atom stereocenters. The van der Waals surface area contributed by atoms with Gasteiger partial charge in [-0.05, 0) is 38.0 Å². The zero-order valence-electron chi connectivity index (χ0n) is 12.4. The van der Waals surface area contributed by atoms with E-state index in [2.05, 4.69) is 17.2 Å². The molecule has 0 aliphatic carbocycles. The summed E-state index contributed by atoms with van der Waals surface area (Å²) < 4.78 is 5.43. The largest absolute Gasteiger partial charge is 0.384 e. The SMILES string of the molecule is CC(NC(=O)C1CCOC1C)c1ccc(C#CCO)cc1. The van der Waals surface area contributed by atoms with Gasteiger partial charge in [0.2, 0.25) is 5.91 Å². The maximum atomic E-state index is 12.2. The van der Waals surface area contributed by atoms with Crippen molar-refractivity contribution in [2.24, 2.45) is 5.92 Å². The van der Waals surface area contributed by atoms with Crippen LogP contribution < -0.4 is 5.32 Å². The Balaban J connectivity index is 1.96. The van der Waals surface area contributed by atoms with Crippen LogP contribution in [0.15, 0.2) is 24.3 Å². The number of carbonyl (C=O) groups is 1. The Kier molecular flexibility index (Phi) is 5.38. The number of amides is 1. The summed E-state index contributed by atoms with van der Waals surface area (Å²) in [4.78, 5) is 12.2. The molecule has 0 spiro atoms. The predicted molar refractivity (Wildman–Crippen MR) is 80.5 cm³/mol. The van der Waals surface area contributed by atoms with Crippen molar-refractivity contribution in [1.82, 2.24) is 5.32 Å². The molecule has 112 valence electrons. The van der Waals surface area contributed by atoms with E-state index >= 15 is 0 Å². The molecule has 1 aromatic carbocycles. The Morgan fingerprint density at radius 2 is 2.19 bits per heavy atom. The van der Waals surface area contributed by atoms with Crippen LogP contribution in [0.2, 0.25) is 0 Å². The van der Waals surface area contributed by atoms with E-state index in [1.807, 2.05) is 38.1 Å². The number of ether oxygens (including phenoxy) is 1. The molecule has 0 aromatic heterocycles. The second-order valence-corrected chi connectivity index (χ2v) is 5.28. The van der Waals surface area contributed by atoms with Crippen molar-refractivity contribution in [1.29, 1.82) is 0 Å². The van der Waals surface area contributed by atoms with Gasteiger partial charge in [0.1, 0.15) is 6.61 Å². The third-order valence-corrected chi connectivity index (χ3v) is 3.79. The van der Waals surface area contributed by atoms with Gasteiger partial charge >= 0.3 is 0 Å². The van der Waals surface area contributed by atoms with Gasteiger partial charge in [-0.3, -0.25) is 4.79 Å². The first kappa shape index (κ1) is 15.6. The smallest absolute Gasteiger partial charge is 0.226 e. The molecule has 1 aliphatic heterocycles. The Labute approximate surface area is 125 Å². The molecule has 1 saturated heterocycles. The molecule has 4 nitrogen and oxygen atoms in total. The third-order valence-electron chi connectivity index (χ3n) is 3.79. The van der Waals surface area contributed by atoms with Crippen molar-refractivity contribution in [2.75, 3.05) is 13.2 Å². The maximum absolute atomic E-state index is 12.2. The number of hydrogen-bond acceptors (Lipinski definition) is 3. The summed E-state index contributed by atoms with van der Waals surface area (Å²) in [5, 5.41) is 11.7. The molecule has 4 heteroatoms. The van der Waals surface area contributed by atoms with Crippen molar-refractivity contribution in [3.8, 4) is 11.8 Å². The Morgan fingerprint density at radius 1 is 1.48 bits per heavy atom. The summed E-state index contributed by atoms with van der Waals surface area (Å²) in [5.74, 6) is 5.46. The fourth-order valence-electron chi connectivity index (χ4n) is 2.48. The molecule has 2 N–H and O–H groups in total. The number of aliphatic hydroxyl groups is 1. The van der Waals surface area contributed by atoms with Crippen LogP contribution in [0.3, 0.4) is 0 Å². The van der Waals surface area contributed by atoms with Gasteiger partial charge in [-0.25, -0.2) is 0 Å². The molecule has 2 rings (SSSR count). The average molecular weight is 287 g/mol. The standard InChI is InChI=1S/C17H21NO3/c1-12(18-17(20)16-9-11-21-13(16)2)15-7-5-14(6-8-15)4-3-10-19/h5-8,12-13,16,19H,9-11H2,1-2H3,(H,18,20). The molecule has 1 fully saturated rings. The summed E-state index contributed by atoms with van der Waals surface area (Å²) in [6.45, 7) is 4.42. The van der Waals surface area contributed by atoms with Gasteiger partial charge in [0.15, 0.2) is 0 Å². The molecule has 1 aromatic rings. The number of nitrogens with one attached hydrogen (secondary N) is 1. The fraction of sp³-hybridized carbons (Fsp3) is 0.471. The quantitative estimate of drug-likeness (QED) is 0.831. The number of rotatable bonds is 3. The highest BCUT2D eigenvalue weighted by molar-refractivity contribution is 5.79. The lowest BCUT2D eigenvalue weighted by molar-refractivity contribution is -0.127. The summed E-state index contributed by atoms with van der Waals surface area (Å²) >= 11 is 0. The zero-order chi connectivity index (χ0) is 15.2. The van der Waals surface area contributed by atoms with Gasteiger partial charge in [-0.2, -0.15) is 0 Å². The molecule has 0 radical (unpaired) electrons. The van der Waals surface area contributed by atoms with Gasteiger partial charge in [0.05, 0.1) is 18.1 Å². The predicted octanol–water partition coefficient (Wildman–Crippen LogP) is 1.63.